The number of sulfone groups is 1. The molecule has 1 aromatic rings. The molecule has 0 aromatic carbocycles. The van der Waals surface area contributed by atoms with Crippen molar-refractivity contribution in [3.63, 3.8) is 0 Å². The Morgan fingerprint density at radius 2 is 2.24 bits per heavy atom. The lowest BCUT2D eigenvalue weighted by Gasteiger charge is -2.20. The largest absolute Gasteiger partial charge is 0.495 e. The predicted molar refractivity (Wildman–Crippen MR) is 66.6 cm³/mol. The molecule has 1 saturated heterocycles. The molecule has 2 heterocycles. The Kier molecular flexibility index (Phi) is 3.53. The van der Waals surface area contributed by atoms with E-state index in [0.29, 0.717) is 23.5 Å². The van der Waals surface area contributed by atoms with Crippen LogP contribution in [0.25, 0.3) is 0 Å². The van der Waals surface area contributed by atoms with Gasteiger partial charge in [0.1, 0.15) is 15.9 Å². The van der Waals surface area contributed by atoms with E-state index >= 15 is 0 Å². The Morgan fingerprint density at radius 1 is 1.47 bits per heavy atom. The molecule has 0 bridgehead atoms. The SMILES string of the molecule is COc1ccsc1C(=O)C1CCCCS1(=O)=O. The van der Waals surface area contributed by atoms with Gasteiger partial charge in [0.25, 0.3) is 0 Å². The Labute approximate surface area is 105 Å². The lowest BCUT2D eigenvalue weighted by Crippen LogP contribution is -2.35. The van der Waals surface area contributed by atoms with Gasteiger partial charge in [0, 0.05) is 0 Å². The number of ketones is 1. The smallest absolute Gasteiger partial charge is 0.194 e. The Morgan fingerprint density at radius 3 is 2.88 bits per heavy atom. The first-order valence-electron chi connectivity index (χ1n) is 5.43. The second-order valence-electron chi connectivity index (χ2n) is 4.03. The fraction of sp³-hybridized carbons (Fsp3) is 0.545. The molecule has 0 saturated carbocycles. The van der Waals surface area contributed by atoms with E-state index in [2.05, 4.69) is 0 Å². The molecular formula is C11H14O4S2. The standard InChI is InChI=1S/C11H14O4S2/c1-15-8-5-6-16-11(8)10(12)9-4-2-3-7-17(9,13)14/h5-6,9H,2-4,7H2,1H3. The van der Waals surface area contributed by atoms with E-state index in [4.69, 9.17) is 4.74 Å². The van der Waals surface area contributed by atoms with Crippen molar-refractivity contribution in [2.45, 2.75) is 24.5 Å². The van der Waals surface area contributed by atoms with Gasteiger partial charge < -0.3 is 4.74 Å². The molecule has 94 valence electrons. The number of carbonyl (C=O) groups excluding carboxylic acids is 1. The van der Waals surface area contributed by atoms with Gasteiger partial charge >= 0.3 is 0 Å². The minimum atomic E-state index is -3.27. The first-order valence-corrected chi connectivity index (χ1v) is 8.03. The summed E-state index contributed by atoms with van der Waals surface area (Å²) in [5.74, 6) is 0.286. The first kappa shape index (κ1) is 12.6. The topological polar surface area (TPSA) is 60.4 Å². The summed E-state index contributed by atoms with van der Waals surface area (Å²) in [5, 5.41) is 0.866. The van der Waals surface area contributed by atoms with E-state index in [-0.39, 0.29) is 11.5 Å². The van der Waals surface area contributed by atoms with Crippen LogP contribution in [-0.4, -0.2) is 32.3 Å². The van der Waals surface area contributed by atoms with Gasteiger partial charge in [-0.2, -0.15) is 0 Å². The summed E-state index contributed by atoms with van der Waals surface area (Å²) in [4.78, 5) is 12.6. The van der Waals surface area contributed by atoms with Crippen LogP contribution < -0.4 is 4.74 Å². The van der Waals surface area contributed by atoms with Crippen LogP contribution in [-0.2, 0) is 9.84 Å². The normalized spacial score (nSPS) is 23.2. The molecule has 0 amide bonds. The molecule has 0 aliphatic carbocycles. The highest BCUT2D eigenvalue weighted by Crippen LogP contribution is 2.30. The predicted octanol–water partition coefficient (Wildman–Crippen LogP) is 1.91. The summed E-state index contributed by atoms with van der Waals surface area (Å²) >= 11 is 1.24. The van der Waals surface area contributed by atoms with Crippen LogP contribution in [0.1, 0.15) is 28.9 Å². The zero-order chi connectivity index (χ0) is 12.5. The van der Waals surface area contributed by atoms with Gasteiger partial charge in [-0.25, -0.2) is 8.42 Å². The second kappa shape index (κ2) is 4.78. The third-order valence-corrected chi connectivity index (χ3v) is 6.03. The average molecular weight is 274 g/mol. The first-order chi connectivity index (χ1) is 8.06. The van der Waals surface area contributed by atoms with Crippen LogP contribution in [0.15, 0.2) is 11.4 Å². The quantitative estimate of drug-likeness (QED) is 0.790. The summed E-state index contributed by atoms with van der Waals surface area (Å²) in [6, 6.07) is 1.69. The average Bonchev–Trinajstić information content (AvgIpc) is 2.75. The minimum Gasteiger partial charge on any atom is -0.495 e. The van der Waals surface area contributed by atoms with Crippen molar-refractivity contribution in [3.8, 4) is 5.75 Å². The van der Waals surface area contributed by atoms with E-state index in [9.17, 15) is 13.2 Å². The van der Waals surface area contributed by atoms with Gasteiger partial charge in [-0.15, -0.1) is 11.3 Å². The van der Waals surface area contributed by atoms with Crippen molar-refractivity contribution in [1.82, 2.24) is 0 Å². The van der Waals surface area contributed by atoms with E-state index < -0.39 is 15.1 Å². The lowest BCUT2D eigenvalue weighted by molar-refractivity contribution is 0.0983. The highest BCUT2D eigenvalue weighted by atomic mass is 32.2. The van der Waals surface area contributed by atoms with Gasteiger partial charge in [-0.1, -0.05) is 6.42 Å². The maximum absolute atomic E-state index is 12.2. The third-order valence-electron chi connectivity index (χ3n) is 2.94. The molecule has 1 fully saturated rings. The molecule has 0 radical (unpaired) electrons. The van der Waals surface area contributed by atoms with Gasteiger partial charge in [0.2, 0.25) is 0 Å². The van der Waals surface area contributed by atoms with Crippen molar-refractivity contribution >= 4 is 27.0 Å². The molecule has 17 heavy (non-hydrogen) atoms. The number of methoxy groups -OCH3 is 1. The van der Waals surface area contributed by atoms with Crippen molar-refractivity contribution < 1.29 is 17.9 Å². The summed E-state index contributed by atoms with van der Waals surface area (Å²) in [5.41, 5.74) is 0. The van der Waals surface area contributed by atoms with Crippen molar-refractivity contribution in [2.75, 3.05) is 12.9 Å². The van der Waals surface area contributed by atoms with Gasteiger partial charge in [0.05, 0.1) is 12.9 Å². The highest BCUT2D eigenvalue weighted by Gasteiger charge is 2.36. The van der Waals surface area contributed by atoms with E-state index in [1.807, 2.05) is 0 Å². The number of Topliss-reactive ketones (excluding diaryl/α,β-unsaturated/α-hetero) is 1. The van der Waals surface area contributed by atoms with E-state index in [0.717, 1.165) is 6.42 Å². The van der Waals surface area contributed by atoms with Crippen LogP contribution in [0.3, 0.4) is 0 Å². The van der Waals surface area contributed by atoms with Gasteiger partial charge in [0.15, 0.2) is 15.6 Å². The molecule has 2 rings (SSSR count). The van der Waals surface area contributed by atoms with Crippen LogP contribution >= 0.6 is 11.3 Å². The Bertz CT molecular complexity index is 515. The summed E-state index contributed by atoms with van der Waals surface area (Å²) < 4.78 is 28.8. The zero-order valence-electron chi connectivity index (χ0n) is 9.51. The molecule has 0 spiro atoms. The number of ether oxygens (including phenoxy) is 1. The Balaban J connectivity index is 2.31. The molecule has 1 aliphatic heterocycles. The zero-order valence-corrected chi connectivity index (χ0v) is 11.1. The lowest BCUT2D eigenvalue weighted by atomic mass is 10.1. The van der Waals surface area contributed by atoms with E-state index in [1.54, 1.807) is 11.4 Å². The fourth-order valence-corrected chi connectivity index (χ4v) is 4.82. The molecular weight excluding hydrogens is 260 g/mol. The summed E-state index contributed by atoms with van der Waals surface area (Å²) in [6.45, 7) is 0. The number of thiophene rings is 1. The van der Waals surface area contributed by atoms with E-state index in [1.165, 1.54) is 18.4 Å². The van der Waals surface area contributed by atoms with Crippen LogP contribution in [0.2, 0.25) is 0 Å². The third kappa shape index (κ3) is 2.37. The minimum absolute atomic E-state index is 0.122. The molecule has 0 N–H and O–H groups in total. The fourth-order valence-electron chi connectivity index (χ4n) is 2.03. The second-order valence-corrected chi connectivity index (χ2v) is 7.25. The molecule has 1 atom stereocenters. The molecule has 6 heteroatoms. The van der Waals surface area contributed by atoms with Crippen molar-refractivity contribution in [2.24, 2.45) is 0 Å². The molecule has 4 nitrogen and oxygen atoms in total. The Hall–Kier alpha value is -0.880. The molecule has 1 aromatic heterocycles. The number of rotatable bonds is 3. The molecule has 1 aliphatic rings. The molecule has 1 unspecified atom stereocenters. The monoisotopic (exact) mass is 274 g/mol. The summed E-state index contributed by atoms with van der Waals surface area (Å²) in [7, 11) is -1.79. The van der Waals surface area contributed by atoms with Crippen LogP contribution in [0, 0.1) is 0 Å². The maximum atomic E-state index is 12.2. The van der Waals surface area contributed by atoms with Crippen molar-refractivity contribution in [3.05, 3.63) is 16.3 Å². The van der Waals surface area contributed by atoms with Crippen molar-refractivity contribution in [1.29, 1.82) is 0 Å². The maximum Gasteiger partial charge on any atom is 0.194 e. The van der Waals surface area contributed by atoms with Crippen LogP contribution in [0.4, 0.5) is 0 Å². The number of hydrogen-bond donors (Lipinski definition) is 0. The van der Waals surface area contributed by atoms with Gasteiger partial charge in [-0.3, -0.25) is 4.79 Å². The van der Waals surface area contributed by atoms with Gasteiger partial charge in [-0.05, 0) is 24.3 Å². The highest BCUT2D eigenvalue weighted by molar-refractivity contribution is 7.92. The summed E-state index contributed by atoms with van der Waals surface area (Å²) in [6.07, 6.45) is 1.89. The number of hydrogen-bond acceptors (Lipinski definition) is 5. The number of carbonyl (C=O) groups is 1. The van der Waals surface area contributed by atoms with Crippen LogP contribution in [0.5, 0.6) is 5.75 Å².